The highest BCUT2D eigenvalue weighted by Crippen LogP contribution is 2.45. The van der Waals surface area contributed by atoms with Crippen LogP contribution in [-0.2, 0) is 9.53 Å². The molecule has 3 aliphatic rings. The van der Waals surface area contributed by atoms with Crippen LogP contribution in [0.4, 0.5) is 0 Å². The first-order valence-corrected chi connectivity index (χ1v) is 7.50. The first-order valence-electron chi connectivity index (χ1n) is 6.68. The van der Waals surface area contributed by atoms with Gasteiger partial charge in [0.2, 0.25) is 0 Å². The van der Waals surface area contributed by atoms with E-state index in [4.69, 9.17) is 4.74 Å². The van der Waals surface area contributed by atoms with Crippen LogP contribution >= 0.6 is 11.8 Å². The van der Waals surface area contributed by atoms with Crippen LogP contribution in [0.3, 0.4) is 0 Å². The van der Waals surface area contributed by atoms with Crippen molar-refractivity contribution in [2.75, 3.05) is 13.7 Å². The lowest BCUT2D eigenvalue weighted by atomic mass is 9.96. The Balaban J connectivity index is 1.62. The maximum absolute atomic E-state index is 11.9. The highest BCUT2D eigenvalue weighted by Gasteiger charge is 2.44. The summed E-state index contributed by atoms with van der Waals surface area (Å²) in [6, 6.07) is 0.535. The van der Waals surface area contributed by atoms with E-state index in [1.807, 2.05) is 6.92 Å². The van der Waals surface area contributed by atoms with Gasteiger partial charge in [-0.2, -0.15) is 4.99 Å². The number of nitrogens with zero attached hydrogens (tertiary/aromatic N) is 1. The molecule has 4 atom stereocenters. The smallest absolute Gasteiger partial charge is 0.266 e. The second-order valence-electron chi connectivity index (χ2n) is 5.91. The Hall–Kier alpha value is -0.550. The fourth-order valence-electron chi connectivity index (χ4n) is 3.50. The maximum Gasteiger partial charge on any atom is 0.266 e. The number of amidine groups is 1. The van der Waals surface area contributed by atoms with Crippen LogP contribution in [0.15, 0.2) is 4.99 Å². The first kappa shape index (κ1) is 12.5. The predicted molar refractivity (Wildman–Crippen MR) is 72.7 cm³/mol. The number of rotatable bonds is 3. The fourth-order valence-corrected chi connectivity index (χ4v) is 4.57. The van der Waals surface area contributed by atoms with Crippen LogP contribution in [0.5, 0.6) is 0 Å². The van der Waals surface area contributed by atoms with Gasteiger partial charge in [-0.3, -0.25) is 4.79 Å². The second-order valence-corrected chi connectivity index (χ2v) is 7.41. The standard InChI is InChI=1S/C13H20N2O2S/c1-13(7-17-2)11(16)15-12(18-13)14-10-6-8-3-4-9(10)5-8/h8-10H,3-7H2,1-2H3,(H,14,15,16)/t8-,9-,10-,13?/m0/s1. The quantitative estimate of drug-likeness (QED) is 0.848. The van der Waals surface area contributed by atoms with Crippen LogP contribution < -0.4 is 5.32 Å². The van der Waals surface area contributed by atoms with E-state index in [0.29, 0.717) is 12.6 Å². The number of fused-ring (bicyclic) bond motifs is 2. The zero-order valence-electron chi connectivity index (χ0n) is 10.9. The van der Waals surface area contributed by atoms with Gasteiger partial charge in [0.1, 0.15) is 4.75 Å². The van der Waals surface area contributed by atoms with Gasteiger partial charge in [-0.15, -0.1) is 0 Å². The van der Waals surface area contributed by atoms with E-state index < -0.39 is 4.75 Å². The lowest BCUT2D eigenvalue weighted by Gasteiger charge is -2.24. The molecule has 1 N–H and O–H groups in total. The Morgan fingerprint density at radius 3 is 2.94 bits per heavy atom. The van der Waals surface area contributed by atoms with Gasteiger partial charge in [-0.25, -0.2) is 0 Å². The van der Waals surface area contributed by atoms with Crippen molar-refractivity contribution in [1.29, 1.82) is 0 Å². The molecule has 0 aromatic heterocycles. The molecular formula is C13H20N2O2S. The minimum atomic E-state index is -0.533. The molecule has 3 rings (SSSR count). The number of hydrogen-bond acceptors (Lipinski definition) is 4. The number of amides is 1. The summed E-state index contributed by atoms with van der Waals surface area (Å²) in [6.07, 6.45) is 5.34. The van der Waals surface area contributed by atoms with E-state index >= 15 is 0 Å². The topological polar surface area (TPSA) is 50.7 Å². The van der Waals surface area contributed by atoms with E-state index in [9.17, 15) is 4.79 Å². The van der Waals surface area contributed by atoms with Gasteiger partial charge in [-0.1, -0.05) is 18.2 Å². The molecule has 1 aliphatic heterocycles. The molecule has 2 fully saturated rings. The van der Waals surface area contributed by atoms with Gasteiger partial charge in [-0.05, 0) is 38.0 Å². The summed E-state index contributed by atoms with van der Waals surface area (Å²) in [6.45, 7) is 2.32. The zero-order valence-corrected chi connectivity index (χ0v) is 11.8. The third-order valence-electron chi connectivity index (χ3n) is 4.44. The molecule has 2 saturated carbocycles. The number of aliphatic imine (C=N–C) groups is 1. The number of thioether (sulfide) groups is 1. The Morgan fingerprint density at radius 2 is 2.33 bits per heavy atom. The molecule has 1 unspecified atom stereocenters. The minimum absolute atomic E-state index is 0.0694. The Kier molecular flexibility index (Phi) is 3.14. The van der Waals surface area contributed by atoms with Crippen molar-refractivity contribution < 1.29 is 9.53 Å². The van der Waals surface area contributed by atoms with E-state index in [-0.39, 0.29) is 5.91 Å². The fraction of sp³-hybridized carbons (Fsp3) is 0.846. The Bertz CT molecular complexity index is 398. The van der Waals surface area contributed by atoms with Crippen molar-refractivity contribution in [2.45, 2.75) is 43.4 Å². The largest absolute Gasteiger partial charge is 0.383 e. The van der Waals surface area contributed by atoms with Gasteiger partial charge >= 0.3 is 0 Å². The number of methoxy groups -OCH3 is 1. The maximum atomic E-state index is 11.9. The third-order valence-corrected chi connectivity index (χ3v) is 5.59. The van der Waals surface area contributed by atoms with Crippen LogP contribution in [0, 0.1) is 11.8 Å². The second kappa shape index (κ2) is 4.53. The van der Waals surface area contributed by atoms with Crippen molar-refractivity contribution in [2.24, 2.45) is 16.8 Å². The molecule has 2 bridgehead atoms. The van der Waals surface area contributed by atoms with Crippen LogP contribution in [0.25, 0.3) is 0 Å². The van der Waals surface area contributed by atoms with E-state index in [2.05, 4.69) is 10.3 Å². The highest BCUT2D eigenvalue weighted by atomic mass is 32.2. The van der Waals surface area contributed by atoms with Gasteiger partial charge < -0.3 is 10.1 Å². The molecular weight excluding hydrogens is 248 g/mol. The SMILES string of the molecule is COCC1(C)SC(N[C@H]2C[C@H]3CC[C@H]2C3)=NC1=O. The number of nitrogens with one attached hydrogen (secondary N) is 1. The van der Waals surface area contributed by atoms with Crippen molar-refractivity contribution in [3.05, 3.63) is 0 Å². The summed E-state index contributed by atoms with van der Waals surface area (Å²) in [5, 5.41) is 4.29. The molecule has 0 aromatic carbocycles. The summed E-state index contributed by atoms with van der Waals surface area (Å²) >= 11 is 1.52. The monoisotopic (exact) mass is 268 g/mol. The molecule has 100 valence electrons. The Labute approximate surface area is 112 Å². The summed E-state index contributed by atoms with van der Waals surface area (Å²) in [5.41, 5.74) is 0. The van der Waals surface area contributed by atoms with Crippen molar-refractivity contribution in [3.63, 3.8) is 0 Å². The lowest BCUT2D eigenvalue weighted by molar-refractivity contribution is -0.120. The number of carbonyl (C=O) groups excluding carboxylic acids is 1. The summed E-state index contributed by atoms with van der Waals surface area (Å²) in [4.78, 5) is 16.1. The van der Waals surface area contributed by atoms with Crippen LogP contribution in [0.2, 0.25) is 0 Å². The van der Waals surface area contributed by atoms with E-state index in [1.54, 1.807) is 7.11 Å². The minimum Gasteiger partial charge on any atom is -0.383 e. The van der Waals surface area contributed by atoms with Gasteiger partial charge in [0, 0.05) is 13.2 Å². The summed E-state index contributed by atoms with van der Waals surface area (Å²) in [5.74, 6) is 1.63. The lowest BCUT2D eigenvalue weighted by Crippen LogP contribution is -2.38. The van der Waals surface area contributed by atoms with E-state index in [1.165, 1.54) is 37.4 Å². The average Bonchev–Trinajstić information content (AvgIpc) is 2.96. The summed E-state index contributed by atoms with van der Waals surface area (Å²) < 4.78 is 4.59. The number of hydrogen-bond donors (Lipinski definition) is 1. The molecule has 0 aromatic rings. The number of carbonyl (C=O) groups is 1. The molecule has 18 heavy (non-hydrogen) atoms. The number of ether oxygens (including phenoxy) is 1. The van der Waals surface area contributed by atoms with Gasteiger partial charge in [0.25, 0.3) is 5.91 Å². The van der Waals surface area contributed by atoms with Gasteiger partial charge in [0.15, 0.2) is 5.17 Å². The van der Waals surface area contributed by atoms with E-state index in [0.717, 1.165) is 17.0 Å². The normalized spacial score (nSPS) is 42.4. The van der Waals surface area contributed by atoms with Gasteiger partial charge in [0.05, 0.1) is 6.61 Å². The molecule has 5 heteroatoms. The molecule has 4 nitrogen and oxygen atoms in total. The molecule has 0 radical (unpaired) electrons. The van der Waals surface area contributed by atoms with Crippen LogP contribution in [-0.4, -0.2) is 35.6 Å². The molecule has 0 saturated heterocycles. The Morgan fingerprint density at radius 1 is 1.50 bits per heavy atom. The molecule has 2 aliphatic carbocycles. The first-order chi connectivity index (χ1) is 8.60. The van der Waals surface area contributed by atoms with Crippen molar-refractivity contribution in [3.8, 4) is 0 Å². The van der Waals surface area contributed by atoms with Crippen molar-refractivity contribution in [1.82, 2.24) is 5.32 Å². The van der Waals surface area contributed by atoms with Crippen LogP contribution in [0.1, 0.15) is 32.6 Å². The molecule has 1 amide bonds. The molecule has 0 spiro atoms. The predicted octanol–water partition coefficient (Wildman–Crippen LogP) is 1.80. The zero-order chi connectivity index (χ0) is 12.8. The average molecular weight is 268 g/mol. The highest BCUT2D eigenvalue weighted by molar-refractivity contribution is 8.16. The molecule has 1 heterocycles. The summed E-state index contributed by atoms with van der Waals surface area (Å²) in [7, 11) is 1.63. The third kappa shape index (κ3) is 2.07. The van der Waals surface area contributed by atoms with Crippen molar-refractivity contribution >= 4 is 22.8 Å².